The summed E-state index contributed by atoms with van der Waals surface area (Å²) in [6, 6.07) is 39.7. The topological polar surface area (TPSA) is 29.5 Å². The number of hydrogen-bond donors (Lipinski definition) is 0. The molecular formula is C41H41BNO2PS2. The van der Waals surface area contributed by atoms with Crippen molar-refractivity contribution in [2.75, 3.05) is 34.4 Å². The maximum atomic E-state index is 7.59. The van der Waals surface area contributed by atoms with Gasteiger partial charge in [0.1, 0.15) is 7.12 Å². The van der Waals surface area contributed by atoms with E-state index in [4.69, 9.17) is 15.5 Å². The molecule has 7 aromatic rings. The summed E-state index contributed by atoms with van der Waals surface area (Å²) in [5, 5.41) is 6.98. The molecule has 2 atom stereocenters. The van der Waals surface area contributed by atoms with Crippen molar-refractivity contribution in [3.8, 4) is 0 Å². The van der Waals surface area contributed by atoms with Gasteiger partial charge in [-0.15, -0.1) is 0 Å². The molecule has 48 heavy (non-hydrogen) atoms. The van der Waals surface area contributed by atoms with Crippen LogP contribution in [-0.2, 0) is 6.42 Å². The maximum Gasteiger partial charge on any atom is 0.346 e. The third-order valence-corrected chi connectivity index (χ3v) is 18.3. The van der Waals surface area contributed by atoms with Crippen LogP contribution >= 0.6 is 28.1 Å². The SMILES string of the molecule is [B]S(C)(CC)c1cc2ccccc2c2c1op(N1c3ccccc3Cc3ccccc31)oc1c(S(C)(CC)CC)cc3ccccc3c12. The van der Waals surface area contributed by atoms with Crippen molar-refractivity contribution >= 4 is 90.1 Å². The van der Waals surface area contributed by atoms with E-state index in [9.17, 15) is 0 Å². The molecule has 0 spiro atoms. The summed E-state index contributed by atoms with van der Waals surface area (Å²) in [5.74, 6) is 2.98. The van der Waals surface area contributed by atoms with Gasteiger partial charge >= 0.3 is 8.16 Å². The van der Waals surface area contributed by atoms with E-state index >= 15 is 0 Å². The minimum atomic E-state index is -1.71. The highest BCUT2D eigenvalue weighted by Gasteiger charge is 2.31. The molecule has 0 bridgehead atoms. The van der Waals surface area contributed by atoms with Crippen molar-refractivity contribution < 1.29 is 8.39 Å². The van der Waals surface area contributed by atoms with Gasteiger partial charge in [0, 0.05) is 27.0 Å². The lowest BCUT2D eigenvalue weighted by Gasteiger charge is -2.35. The average molecular weight is 686 g/mol. The normalized spacial score (nSPS) is 15.7. The molecule has 0 amide bonds. The van der Waals surface area contributed by atoms with Crippen molar-refractivity contribution in [1.29, 1.82) is 0 Å². The molecule has 2 heterocycles. The van der Waals surface area contributed by atoms with Crippen molar-refractivity contribution in [3.63, 3.8) is 0 Å². The fraction of sp³-hybridized carbons (Fsp3) is 0.220. The maximum absolute atomic E-state index is 7.59. The quantitative estimate of drug-likeness (QED) is 0.163. The van der Waals surface area contributed by atoms with E-state index in [1.165, 1.54) is 32.2 Å². The Kier molecular flexibility index (Phi) is 7.90. The first kappa shape index (κ1) is 31.6. The monoisotopic (exact) mass is 685 g/mol. The Morgan fingerprint density at radius 2 is 1.08 bits per heavy atom. The lowest BCUT2D eigenvalue weighted by Crippen LogP contribution is -2.15. The molecule has 2 radical (unpaired) electrons. The fourth-order valence-corrected chi connectivity index (χ4v) is 12.2. The summed E-state index contributed by atoms with van der Waals surface area (Å²) >= 11 is 0. The molecule has 2 unspecified atom stereocenters. The van der Waals surface area contributed by atoms with Gasteiger partial charge in [-0.1, -0.05) is 106 Å². The predicted octanol–water partition coefficient (Wildman–Crippen LogP) is 12.8. The Balaban J connectivity index is 1.69. The number of hydrogen-bond acceptors (Lipinski definition) is 3. The van der Waals surface area contributed by atoms with Gasteiger partial charge in [-0.2, -0.15) is 0 Å². The summed E-state index contributed by atoms with van der Waals surface area (Å²) in [4.78, 5) is 2.41. The lowest BCUT2D eigenvalue weighted by atomic mass is 9.97. The van der Waals surface area contributed by atoms with Crippen LogP contribution in [0.3, 0.4) is 0 Å². The van der Waals surface area contributed by atoms with Crippen LogP contribution in [-0.4, -0.2) is 36.9 Å². The summed E-state index contributed by atoms with van der Waals surface area (Å²) in [7, 11) is 2.67. The molecule has 242 valence electrons. The predicted molar refractivity (Wildman–Crippen MR) is 215 cm³/mol. The van der Waals surface area contributed by atoms with Crippen LogP contribution in [0.2, 0.25) is 0 Å². The molecule has 0 saturated carbocycles. The van der Waals surface area contributed by atoms with E-state index in [2.05, 4.69) is 147 Å². The smallest absolute Gasteiger partial charge is 0.346 e. The largest absolute Gasteiger partial charge is 0.402 e. The zero-order valence-electron chi connectivity index (χ0n) is 28.3. The first-order valence-electron chi connectivity index (χ1n) is 16.8. The van der Waals surface area contributed by atoms with Crippen LogP contribution in [0.5, 0.6) is 0 Å². The summed E-state index contributed by atoms with van der Waals surface area (Å²) in [6.45, 7) is 6.86. The second-order valence-corrected chi connectivity index (χ2v) is 21.8. The third-order valence-electron chi connectivity index (χ3n) is 10.4. The van der Waals surface area contributed by atoms with Crippen LogP contribution in [0.25, 0.3) is 43.5 Å². The molecule has 1 aliphatic rings. The number of benzene rings is 6. The Morgan fingerprint density at radius 1 is 0.625 bits per heavy atom. The Labute approximate surface area is 288 Å². The minimum Gasteiger partial charge on any atom is -0.402 e. The molecule has 0 fully saturated rings. The number of rotatable bonds is 6. The fourth-order valence-electron chi connectivity index (χ4n) is 7.17. The Morgan fingerprint density at radius 3 is 1.60 bits per heavy atom. The van der Waals surface area contributed by atoms with Gasteiger partial charge in [0.05, 0.1) is 11.4 Å². The Bertz CT molecular complexity index is 2370. The molecule has 7 heteroatoms. The number of para-hydroxylation sites is 2. The molecular weight excluding hydrogens is 644 g/mol. The molecule has 0 saturated heterocycles. The molecule has 8 rings (SSSR count). The van der Waals surface area contributed by atoms with Crippen LogP contribution in [0.4, 0.5) is 11.4 Å². The highest BCUT2D eigenvalue weighted by molar-refractivity contribution is 8.49. The molecule has 3 nitrogen and oxygen atoms in total. The van der Waals surface area contributed by atoms with Crippen LogP contribution in [0.15, 0.2) is 127 Å². The molecule has 1 aliphatic heterocycles. The van der Waals surface area contributed by atoms with E-state index in [0.717, 1.165) is 67.3 Å². The van der Waals surface area contributed by atoms with Crippen molar-refractivity contribution in [1.82, 2.24) is 0 Å². The van der Waals surface area contributed by atoms with Gasteiger partial charge in [-0.3, -0.25) is 9.88 Å². The number of fused-ring (bicyclic) bond motifs is 9. The van der Waals surface area contributed by atoms with Crippen molar-refractivity contribution in [3.05, 3.63) is 120 Å². The molecule has 1 aromatic heterocycles. The molecule has 0 aliphatic carbocycles. The van der Waals surface area contributed by atoms with Gasteiger partial charge in [0.25, 0.3) is 0 Å². The first-order chi connectivity index (χ1) is 23.3. The summed E-state index contributed by atoms with van der Waals surface area (Å²) in [6.07, 6.45) is 5.55. The highest BCUT2D eigenvalue weighted by Crippen LogP contribution is 2.60. The first-order valence-corrected chi connectivity index (χ1v) is 22.6. The summed E-state index contributed by atoms with van der Waals surface area (Å²) in [5.41, 5.74) is 6.65. The van der Waals surface area contributed by atoms with Gasteiger partial charge < -0.3 is 8.39 Å². The second-order valence-electron chi connectivity index (χ2n) is 13.1. The minimum absolute atomic E-state index is 0.844. The van der Waals surface area contributed by atoms with Crippen molar-refractivity contribution in [2.24, 2.45) is 0 Å². The second kappa shape index (κ2) is 12.0. The number of anilines is 2. The lowest BCUT2D eigenvalue weighted by molar-refractivity contribution is 0.631. The van der Waals surface area contributed by atoms with E-state index < -0.39 is 28.1 Å². The van der Waals surface area contributed by atoms with Gasteiger partial charge in [-0.05, 0) is 86.7 Å². The van der Waals surface area contributed by atoms with E-state index in [1.54, 1.807) is 0 Å². The van der Waals surface area contributed by atoms with E-state index in [-0.39, 0.29) is 0 Å². The van der Waals surface area contributed by atoms with Gasteiger partial charge in [0.2, 0.25) is 0 Å². The summed E-state index contributed by atoms with van der Waals surface area (Å²) < 4.78 is 17.5. The van der Waals surface area contributed by atoms with Crippen LogP contribution < -0.4 is 4.67 Å². The zero-order valence-corrected chi connectivity index (χ0v) is 30.9. The van der Waals surface area contributed by atoms with E-state index in [1.807, 2.05) is 0 Å². The van der Waals surface area contributed by atoms with Gasteiger partial charge in [-0.25, -0.2) is 14.7 Å². The molecule has 0 N–H and O–H groups in total. The van der Waals surface area contributed by atoms with Crippen LogP contribution in [0.1, 0.15) is 31.9 Å². The highest BCUT2D eigenvalue weighted by atomic mass is 32.3. The zero-order chi connectivity index (χ0) is 33.2. The van der Waals surface area contributed by atoms with Crippen molar-refractivity contribution in [2.45, 2.75) is 37.0 Å². The van der Waals surface area contributed by atoms with E-state index in [0.29, 0.717) is 0 Å². The standard InChI is InChI=1S/C41H41BNO2PS2/c1-6-47(4,7-2)36-26-28-17-9-13-21-32(28)38-39-33-22-14-10-18-29(33)27-37(48(5,42)8-3)41(39)45-46(44-40(36)38)43-34-23-15-11-19-30(34)25-31-20-12-16-24-35(31)43/h9-24,26-27H,6-8,25H2,1-5H3. The van der Waals surface area contributed by atoms with Crippen LogP contribution in [0, 0.1) is 0 Å². The Hall–Kier alpha value is -3.70. The molecule has 6 aromatic carbocycles. The average Bonchev–Trinajstić information content (AvgIpc) is 3.30. The third kappa shape index (κ3) is 4.90. The van der Waals surface area contributed by atoms with Gasteiger partial charge in [0.15, 0.2) is 11.2 Å². The number of nitrogens with zero attached hydrogens (tertiary/aromatic N) is 1.